The Bertz CT molecular complexity index is 803. The van der Waals surface area contributed by atoms with Gasteiger partial charge in [-0.2, -0.15) is 0 Å². The molecule has 6 aliphatic rings. The highest BCUT2D eigenvalue weighted by Crippen LogP contribution is 2.40. The summed E-state index contributed by atoms with van der Waals surface area (Å²) < 4.78 is 0. The molecular weight excluding hydrogens is 480 g/mol. The van der Waals surface area contributed by atoms with Crippen molar-refractivity contribution in [3.63, 3.8) is 0 Å². The average Bonchev–Trinajstić information content (AvgIpc) is 3.81. The van der Waals surface area contributed by atoms with Crippen LogP contribution in [-0.2, 0) is 0 Å². The van der Waals surface area contributed by atoms with Crippen molar-refractivity contribution in [3.05, 3.63) is 17.5 Å². The molecule has 0 bridgehead atoms. The van der Waals surface area contributed by atoms with Gasteiger partial charge in [0.15, 0.2) is 0 Å². The molecule has 6 atom stereocenters. The maximum absolute atomic E-state index is 5.42. The highest BCUT2D eigenvalue weighted by atomic mass is 15.2. The van der Waals surface area contributed by atoms with Crippen molar-refractivity contribution in [1.82, 2.24) is 29.7 Å². The smallest absolute Gasteiger partial charge is 0.135 e. The van der Waals surface area contributed by atoms with E-state index in [2.05, 4.69) is 14.7 Å². The molecule has 0 N–H and O–H groups in total. The van der Waals surface area contributed by atoms with E-state index in [0.29, 0.717) is 17.8 Å². The lowest BCUT2D eigenvalue weighted by Crippen LogP contribution is -2.38. The largest absolute Gasteiger partial charge is 0.300 e. The molecule has 1 aromatic heterocycles. The Kier molecular flexibility index (Phi) is 8.51. The molecule has 39 heavy (non-hydrogen) atoms. The Morgan fingerprint density at radius 2 is 0.641 bits per heavy atom. The SMILES string of the molecule is C1CC(c2nc(C3CCCC(N4CCCC4)C3)nc(C3CCCC(N4CCCC4)C3)n2)CC(N2CCCC2)C1. The van der Waals surface area contributed by atoms with Gasteiger partial charge in [0.05, 0.1) is 0 Å². The van der Waals surface area contributed by atoms with E-state index in [9.17, 15) is 0 Å². The minimum absolute atomic E-state index is 0.529. The molecule has 6 unspecified atom stereocenters. The van der Waals surface area contributed by atoms with Crippen molar-refractivity contribution >= 4 is 0 Å². The first-order valence-corrected chi connectivity index (χ1v) is 17.3. The molecule has 3 saturated heterocycles. The lowest BCUT2D eigenvalue weighted by Gasteiger charge is -2.37. The summed E-state index contributed by atoms with van der Waals surface area (Å²) in [6.07, 6.45) is 24.1. The van der Waals surface area contributed by atoms with Gasteiger partial charge in [-0.3, -0.25) is 0 Å². The topological polar surface area (TPSA) is 48.4 Å². The Morgan fingerprint density at radius 3 is 0.923 bits per heavy atom. The summed E-state index contributed by atoms with van der Waals surface area (Å²) in [5.41, 5.74) is 0. The molecule has 4 heterocycles. The van der Waals surface area contributed by atoms with Crippen LogP contribution >= 0.6 is 0 Å². The van der Waals surface area contributed by atoms with Crippen molar-refractivity contribution in [2.24, 2.45) is 0 Å². The number of hydrogen-bond donors (Lipinski definition) is 0. The van der Waals surface area contributed by atoms with Crippen LogP contribution in [0.25, 0.3) is 0 Å². The fraction of sp³-hybridized carbons (Fsp3) is 0.909. The van der Waals surface area contributed by atoms with E-state index in [-0.39, 0.29) is 0 Å². The van der Waals surface area contributed by atoms with Crippen LogP contribution in [0.15, 0.2) is 0 Å². The second-order valence-electron chi connectivity index (χ2n) is 14.2. The first-order valence-electron chi connectivity index (χ1n) is 17.3. The summed E-state index contributed by atoms with van der Waals surface area (Å²) in [5.74, 6) is 5.14. The zero-order chi connectivity index (χ0) is 26.0. The summed E-state index contributed by atoms with van der Waals surface area (Å²) in [6, 6.07) is 2.25. The fourth-order valence-electron chi connectivity index (χ4n) is 9.49. The molecule has 0 radical (unpaired) electrons. The molecule has 7 rings (SSSR count). The number of hydrogen-bond acceptors (Lipinski definition) is 6. The average molecular weight is 535 g/mol. The van der Waals surface area contributed by atoms with Crippen LogP contribution in [0.1, 0.15) is 151 Å². The van der Waals surface area contributed by atoms with Crippen molar-refractivity contribution in [2.45, 2.75) is 151 Å². The maximum atomic E-state index is 5.42. The van der Waals surface area contributed by atoms with Crippen LogP contribution in [0.2, 0.25) is 0 Å². The molecule has 0 amide bonds. The van der Waals surface area contributed by atoms with Gasteiger partial charge in [-0.1, -0.05) is 19.3 Å². The van der Waals surface area contributed by atoms with E-state index in [0.717, 1.165) is 18.1 Å². The van der Waals surface area contributed by atoms with Crippen LogP contribution in [0.3, 0.4) is 0 Å². The number of rotatable bonds is 6. The lowest BCUT2D eigenvalue weighted by atomic mass is 9.82. The molecule has 6 nitrogen and oxygen atoms in total. The predicted octanol–water partition coefficient (Wildman–Crippen LogP) is 6.24. The molecular formula is C33H54N6. The second kappa shape index (κ2) is 12.4. The van der Waals surface area contributed by atoms with Crippen LogP contribution < -0.4 is 0 Å². The fourth-order valence-corrected chi connectivity index (χ4v) is 9.49. The summed E-state index contributed by atoms with van der Waals surface area (Å²) in [6.45, 7) is 7.86. The van der Waals surface area contributed by atoms with Gasteiger partial charge < -0.3 is 14.7 Å². The van der Waals surface area contributed by atoms with E-state index in [1.807, 2.05) is 0 Å². The van der Waals surface area contributed by atoms with Crippen molar-refractivity contribution in [3.8, 4) is 0 Å². The van der Waals surface area contributed by atoms with Gasteiger partial charge in [-0.05, 0) is 136 Å². The molecule has 1 aromatic rings. The molecule has 3 aliphatic carbocycles. The van der Waals surface area contributed by atoms with E-state index in [1.54, 1.807) is 0 Å². The van der Waals surface area contributed by atoms with Crippen molar-refractivity contribution < 1.29 is 0 Å². The number of likely N-dealkylation sites (tertiary alicyclic amines) is 3. The van der Waals surface area contributed by atoms with Gasteiger partial charge in [0, 0.05) is 35.9 Å². The predicted molar refractivity (Wildman–Crippen MR) is 157 cm³/mol. The van der Waals surface area contributed by atoms with Gasteiger partial charge in [0.2, 0.25) is 0 Å². The third-order valence-corrected chi connectivity index (χ3v) is 11.7. The monoisotopic (exact) mass is 534 g/mol. The Hall–Kier alpha value is -1.11. The van der Waals surface area contributed by atoms with Gasteiger partial charge in [-0.15, -0.1) is 0 Å². The quantitative estimate of drug-likeness (QED) is 0.431. The molecule has 6 heteroatoms. The molecule has 0 aromatic carbocycles. The summed E-state index contributed by atoms with van der Waals surface area (Å²) >= 11 is 0. The minimum Gasteiger partial charge on any atom is -0.300 e. The van der Waals surface area contributed by atoms with E-state index in [4.69, 9.17) is 15.0 Å². The molecule has 3 aliphatic heterocycles. The molecule has 3 saturated carbocycles. The zero-order valence-corrected chi connectivity index (χ0v) is 24.6. The maximum Gasteiger partial charge on any atom is 0.135 e. The Morgan fingerprint density at radius 1 is 0.359 bits per heavy atom. The van der Waals surface area contributed by atoms with Crippen LogP contribution in [0.4, 0.5) is 0 Å². The second-order valence-corrected chi connectivity index (χ2v) is 14.2. The van der Waals surface area contributed by atoms with Gasteiger partial charge in [0.25, 0.3) is 0 Å². The summed E-state index contributed by atoms with van der Waals surface area (Å²) in [5, 5.41) is 0. The van der Waals surface area contributed by atoms with Gasteiger partial charge in [-0.25, -0.2) is 15.0 Å². The lowest BCUT2D eigenvalue weighted by molar-refractivity contribution is 0.170. The molecule has 216 valence electrons. The minimum atomic E-state index is 0.529. The first kappa shape index (κ1) is 26.8. The Labute approximate surface area is 237 Å². The van der Waals surface area contributed by atoms with Gasteiger partial charge >= 0.3 is 0 Å². The van der Waals surface area contributed by atoms with E-state index < -0.39 is 0 Å². The zero-order valence-electron chi connectivity index (χ0n) is 24.6. The number of nitrogens with zero attached hydrogens (tertiary/aromatic N) is 6. The molecule has 0 spiro atoms. The third-order valence-electron chi connectivity index (χ3n) is 11.7. The van der Waals surface area contributed by atoms with Crippen LogP contribution in [0.5, 0.6) is 0 Å². The standard InChI is InChI=1S/C33H54N6/c1-2-17-37(16-1)28-13-7-10-25(22-28)31-34-32(26-11-8-14-29(23-26)38-18-3-4-19-38)36-33(35-31)27-12-9-15-30(24-27)39-20-5-6-21-39/h25-30H,1-24H2. The highest BCUT2D eigenvalue weighted by Gasteiger charge is 2.36. The highest BCUT2D eigenvalue weighted by molar-refractivity contribution is 5.13. The summed E-state index contributed by atoms with van der Waals surface area (Å²) in [4.78, 5) is 24.6. The van der Waals surface area contributed by atoms with Crippen LogP contribution in [0, 0.1) is 0 Å². The van der Waals surface area contributed by atoms with E-state index >= 15 is 0 Å². The number of aromatic nitrogens is 3. The van der Waals surface area contributed by atoms with E-state index in [1.165, 1.54) is 172 Å². The van der Waals surface area contributed by atoms with Crippen molar-refractivity contribution in [1.29, 1.82) is 0 Å². The first-order chi connectivity index (χ1) is 19.3. The van der Waals surface area contributed by atoms with Gasteiger partial charge in [0.1, 0.15) is 17.5 Å². The molecule has 6 fully saturated rings. The van der Waals surface area contributed by atoms with Crippen LogP contribution in [-0.4, -0.2) is 87.0 Å². The Balaban J connectivity index is 1.15. The third kappa shape index (κ3) is 6.09. The van der Waals surface area contributed by atoms with Crippen molar-refractivity contribution in [2.75, 3.05) is 39.3 Å². The normalized spacial score (nSPS) is 37.5. The summed E-state index contributed by atoms with van der Waals surface area (Å²) in [7, 11) is 0.